The zero-order valence-corrected chi connectivity index (χ0v) is 18.1. The van der Waals surface area contributed by atoms with Gasteiger partial charge in [-0.1, -0.05) is 31.0 Å². The predicted molar refractivity (Wildman–Crippen MR) is 123 cm³/mol. The molecule has 1 saturated heterocycles. The Hall–Kier alpha value is -3.48. The minimum atomic E-state index is -0.784. The second kappa shape index (κ2) is 10.2. The number of aromatic nitrogens is 2. The molecule has 2 heterocycles. The molecule has 166 valence electrons. The molecule has 1 N–H and O–H groups in total. The van der Waals surface area contributed by atoms with Crippen LogP contribution in [0.5, 0.6) is 5.75 Å². The fraction of sp³-hybridized carbons (Fsp3) is 0.320. The lowest BCUT2D eigenvalue weighted by atomic mass is 10.1. The van der Waals surface area contributed by atoms with E-state index in [1.165, 1.54) is 43.9 Å². The van der Waals surface area contributed by atoms with Gasteiger partial charge in [-0.2, -0.15) is 0 Å². The Labute approximate surface area is 187 Å². The zero-order valence-electron chi connectivity index (χ0n) is 18.1. The second-order valence-corrected chi connectivity index (χ2v) is 7.97. The normalized spacial score (nSPS) is 15.0. The van der Waals surface area contributed by atoms with Crippen LogP contribution in [-0.4, -0.2) is 35.3 Å². The minimum absolute atomic E-state index is 0.307. The number of amides is 1. The van der Waals surface area contributed by atoms with Crippen LogP contribution < -0.4 is 15.0 Å². The first-order valence-electron chi connectivity index (χ1n) is 11.0. The summed E-state index contributed by atoms with van der Waals surface area (Å²) >= 11 is 0. The number of hydrogen-bond donors (Lipinski definition) is 1. The van der Waals surface area contributed by atoms with Crippen molar-refractivity contribution < 1.29 is 13.9 Å². The molecule has 3 aromatic rings. The molecule has 1 amide bonds. The van der Waals surface area contributed by atoms with Crippen LogP contribution >= 0.6 is 0 Å². The van der Waals surface area contributed by atoms with E-state index in [2.05, 4.69) is 20.4 Å². The van der Waals surface area contributed by atoms with Gasteiger partial charge in [0.1, 0.15) is 11.6 Å². The van der Waals surface area contributed by atoms with Crippen molar-refractivity contribution in [2.45, 2.75) is 38.7 Å². The molecule has 1 fully saturated rings. The molecule has 7 heteroatoms. The summed E-state index contributed by atoms with van der Waals surface area (Å²) in [4.78, 5) is 14.8. The summed E-state index contributed by atoms with van der Waals surface area (Å²) in [5, 5.41) is 11.7. The van der Waals surface area contributed by atoms with Crippen LogP contribution in [0.4, 0.5) is 15.9 Å². The smallest absolute Gasteiger partial charge is 0.265 e. The number of ether oxygens (including phenoxy) is 1. The predicted octanol–water partition coefficient (Wildman–Crippen LogP) is 5.07. The van der Waals surface area contributed by atoms with Crippen molar-refractivity contribution >= 4 is 17.4 Å². The number of anilines is 2. The highest BCUT2D eigenvalue weighted by molar-refractivity contribution is 5.94. The molecule has 0 spiro atoms. The van der Waals surface area contributed by atoms with Crippen molar-refractivity contribution in [3.05, 3.63) is 66.5 Å². The number of nitrogens with one attached hydrogen (secondary N) is 1. The van der Waals surface area contributed by atoms with E-state index in [9.17, 15) is 9.18 Å². The molecule has 4 rings (SSSR count). The standard InChI is InChI=1S/C25H27FN4O2/c1-18(32-22-11-7-9-20(26)17-22)25(31)27-21-10-6-8-19(16-21)23-12-13-24(29-28-23)30-14-4-2-3-5-15-30/h6-13,16-18H,2-5,14-15H2,1H3,(H,27,31). The van der Waals surface area contributed by atoms with Crippen LogP contribution in [0.3, 0.4) is 0 Å². The first kappa shape index (κ1) is 21.7. The fourth-order valence-electron chi connectivity index (χ4n) is 3.75. The molecule has 0 saturated carbocycles. The molecule has 1 aromatic heterocycles. The van der Waals surface area contributed by atoms with Gasteiger partial charge in [0.2, 0.25) is 0 Å². The van der Waals surface area contributed by atoms with E-state index in [1.54, 1.807) is 19.1 Å². The molecular weight excluding hydrogens is 407 g/mol. The third-order valence-electron chi connectivity index (χ3n) is 5.48. The lowest BCUT2D eigenvalue weighted by molar-refractivity contribution is -0.122. The Bertz CT molecular complexity index is 1050. The molecule has 1 aliphatic heterocycles. The van der Waals surface area contributed by atoms with Gasteiger partial charge >= 0.3 is 0 Å². The molecule has 2 aromatic carbocycles. The Balaban J connectivity index is 1.41. The van der Waals surface area contributed by atoms with Gasteiger partial charge in [0, 0.05) is 30.4 Å². The highest BCUT2D eigenvalue weighted by Crippen LogP contribution is 2.23. The van der Waals surface area contributed by atoms with Crippen LogP contribution in [0.25, 0.3) is 11.3 Å². The van der Waals surface area contributed by atoms with E-state index in [-0.39, 0.29) is 5.91 Å². The Morgan fingerprint density at radius 1 is 1.00 bits per heavy atom. The zero-order chi connectivity index (χ0) is 22.3. The Kier molecular flexibility index (Phi) is 6.94. The lowest BCUT2D eigenvalue weighted by Crippen LogP contribution is -2.30. The highest BCUT2D eigenvalue weighted by atomic mass is 19.1. The summed E-state index contributed by atoms with van der Waals surface area (Å²) in [6, 6.07) is 17.1. The topological polar surface area (TPSA) is 67.3 Å². The number of carbonyl (C=O) groups excluding carboxylic acids is 1. The molecular formula is C25H27FN4O2. The van der Waals surface area contributed by atoms with Crippen molar-refractivity contribution in [1.29, 1.82) is 0 Å². The minimum Gasteiger partial charge on any atom is -0.481 e. The molecule has 0 radical (unpaired) electrons. The largest absolute Gasteiger partial charge is 0.481 e. The highest BCUT2D eigenvalue weighted by Gasteiger charge is 2.16. The molecule has 0 aliphatic carbocycles. The van der Waals surface area contributed by atoms with Gasteiger partial charge < -0.3 is 15.0 Å². The maximum absolute atomic E-state index is 13.3. The van der Waals surface area contributed by atoms with Crippen LogP contribution in [0, 0.1) is 5.82 Å². The summed E-state index contributed by atoms with van der Waals surface area (Å²) in [7, 11) is 0. The second-order valence-electron chi connectivity index (χ2n) is 7.97. The quantitative estimate of drug-likeness (QED) is 0.587. The van der Waals surface area contributed by atoms with Crippen LogP contribution in [-0.2, 0) is 4.79 Å². The van der Waals surface area contributed by atoms with Gasteiger partial charge in [0.25, 0.3) is 5.91 Å². The molecule has 6 nitrogen and oxygen atoms in total. The summed E-state index contributed by atoms with van der Waals surface area (Å²) in [5.41, 5.74) is 2.22. The van der Waals surface area contributed by atoms with Crippen molar-refractivity contribution in [1.82, 2.24) is 10.2 Å². The summed E-state index contributed by atoms with van der Waals surface area (Å²) < 4.78 is 18.9. The van der Waals surface area contributed by atoms with Crippen LogP contribution in [0.1, 0.15) is 32.6 Å². The SMILES string of the molecule is CC(Oc1cccc(F)c1)C(=O)Nc1cccc(-c2ccc(N3CCCCCC3)nn2)c1. The molecule has 1 unspecified atom stereocenters. The first-order chi connectivity index (χ1) is 15.6. The molecule has 1 atom stereocenters. The average Bonchev–Trinajstić information content (AvgIpc) is 3.09. The summed E-state index contributed by atoms with van der Waals surface area (Å²) in [6.45, 7) is 3.66. The fourth-order valence-corrected chi connectivity index (χ4v) is 3.75. The maximum Gasteiger partial charge on any atom is 0.265 e. The number of nitrogens with zero attached hydrogens (tertiary/aromatic N) is 3. The van der Waals surface area contributed by atoms with Gasteiger partial charge in [-0.3, -0.25) is 4.79 Å². The number of hydrogen-bond acceptors (Lipinski definition) is 5. The van der Waals surface area contributed by atoms with Gasteiger partial charge in [0.15, 0.2) is 11.9 Å². The van der Waals surface area contributed by atoms with E-state index in [4.69, 9.17) is 4.74 Å². The molecule has 32 heavy (non-hydrogen) atoms. The summed E-state index contributed by atoms with van der Waals surface area (Å²) in [5.74, 6) is 0.476. The lowest BCUT2D eigenvalue weighted by Gasteiger charge is -2.20. The maximum atomic E-state index is 13.3. The van der Waals surface area contributed by atoms with E-state index >= 15 is 0 Å². The van der Waals surface area contributed by atoms with E-state index in [0.717, 1.165) is 30.2 Å². The van der Waals surface area contributed by atoms with E-state index in [0.29, 0.717) is 11.4 Å². The van der Waals surface area contributed by atoms with E-state index in [1.807, 2.05) is 30.3 Å². The van der Waals surface area contributed by atoms with Crippen molar-refractivity contribution in [2.24, 2.45) is 0 Å². The van der Waals surface area contributed by atoms with Gasteiger partial charge in [-0.25, -0.2) is 4.39 Å². The number of benzene rings is 2. The Morgan fingerprint density at radius 2 is 1.78 bits per heavy atom. The van der Waals surface area contributed by atoms with Gasteiger partial charge in [-0.15, -0.1) is 10.2 Å². The van der Waals surface area contributed by atoms with Crippen molar-refractivity contribution in [3.63, 3.8) is 0 Å². The first-order valence-corrected chi connectivity index (χ1v) is 11.0. The monoisotopic (exact) mass is 434 g/mol. The molecule has 1 aliphatic rings. The van der Waals surface area contributed by atoms with E-state index < -0.39 is 11.9 Å². The Morgan fingerprint density at radius 3 is 2.50 bits per heavy atom. The van der Waals surface area contributed by atoms with Crippen LogP contribution in [0.2, 0.25) is 0 Å². The van der Waals surface area contributed by atoms with Gasteiger partial charge in [0.05, 0.1) is 5.69 Å². The number of carbonyl (C=O) groups is 1. The third-order valence-corrected chi connectivity index (χ3v) is 5.48. The third kappa shape index (κ3) is 5.60. The van der Waals surface area contributed by atoms with Crippen molar-refractivity contribution in [2.75, 3.05) is 23.3 Å². The number of halogens is 1. The summed E-state index contributed by atoms with van der Waals surface area (Å²) in [6.07, 6.45) is 4.13. The van der Waals surface area contributed by atoms with Gasteiger partial charge in [-0.05, 0) is 56.2 Å². The molecule has 0 bridgehead atoms. The van der Waals surface area contributed by atoms with Crippen LogP contribution in [0.15, 0.2) is 60.7 Å². The van der Waals surface area contributed by atoms with Crippen molar-refractivity contribution in [3.8, 4) is 17.0 Å². The average molecular weight is 435 g/mol. The number of rotatable bonds is 6.